The normalized spacial score (nSPS) is 66.0. The fourth-order valence-corrected chi connectivity index (χ4v) is 2.97. The minimum absolute atomic E-state index is 0.777. The van der Waals surface area contributed by atoms with Crippen molar-refractivity contribution in [1.82, 2.24) is 20.0 Å². The van der Waals surface area contributed by atoms with Crippen molar-refractivity contribution in [2.45, 2.75) is 25.2 Å². The van der Waals surface area contributed by atoms with E-state index in [4.69, 9.17) is 0 Å². The Morgan fingerprint density at radius 3 is 1.25 bits per heavy atom. The average Bonchev–Trinajstić information content (AvgIpc) is 2.76. The summed E-state index contributed by atoms with van der Waals surface area (Å²) in [6.45, 7) is 5.23. The maximum Gasteiger partial charge on any atom is 0.121 e. The molecule has 4 unspecified atom stereocenters. The molecule has 0 aliphatic carbocycles. The lowest BCUT2D eigenvalue weighted by Gasteiger charge is -2.00. The van der Waals surface area contributed by atoms with E-state index in [2.05, 4.69) is 20.0 Å². The maximum atomic E-state index is 2.53. The summed E-state index contributed by atoms with van der Waals surface area (Å²) < 4.78 is 0. The quantitative estimate of drug-likeness (QED) is 0.487. The molecule has 0 spiro atoms. The van der Waals surface area contributed by atoms with Crippen LogP contribution in [0.2, 0.25) is 0 Å². The minimum Gasteiger partial charge on any atom is -0.218 e. The van der Waals surface area contributed by atoms with Gasteiger partial charge in [-0.1, -0.05) is 0 Å². The third kappa shape index (κ3) is 0.599. The van der Waals surface area contributed by atoms with Crippen LogP contribution in [-0.2, 0) is 0 Å². The number of rotatable bonds is 1. The van der Waals surface area contributed by atoms with Crippen LogP contribution in [-0.4, -0.2) is 58.5 Å². The van der Waals surface area contributed by atoms with Crippen LogP contribution < -0.4 is 0 Å². The van der Waals surface area contributed by atoms with Gasteiger partial charge in [-0.2, -0.15) is 0 Å². The summed E-state index contributed by atoms with van der Waals surface area (Å²) in [5, 5.41) is 10.1. The van der Waals surface area contributed by atoms with Gasteiger partial charge < -0.3 is 0 Å². The van der Waals surface area contributed by atoms with Crippen molar-refractivity contribution in [3.63, 3.8) is 0 Å². The summed E-state index contributed by atoms with van der Waals surface area (Å²) in [4.78, 5) is 0. The highest BCUT2D eigenvalue weighted by atomic mass is 16.0. The van der Waals surface area contributed by atoms with Gasteiger partial charge in [-0.05, 0) is 12.8 Å². The molecule has 4 heterocycles. The van der Waals surface area contributed by atoms with Crippen LogP contribution in [0.1, 0.15) is 12.8 Å². The average molecular weight is 166 g/mol. The summed E-state index contributed by atoms with van der Waals surface area (Å²) in [5.74, 6) is 0. The van der Waals surface area contributed by atoms with Gasteiger partial charge in [-0.3, -0.25) is 0 Å². The molecular weight excluding hydrogens is 152 g/mol. The molecule has 12 heavy (non-hydrogen) atoms. The van der Waals surface area contributed by atoms with Crippen molar-refractivity contribution in [1.29, 1.82) is 0 Å². The van der Waals surface area contributed by atoms with E-state index in [1.807, 2.05) is 0 Å². The lowest BCUT2D eigenvalue weighted by atomic mass is 10.3. The van der Waals surface area contributed by atoms with Gasteiger partial charge >= 0.3 is 0 Å². The second-order valence-electron chi connectivity index (χ2n) is 4.19. The summed E-state index contributed by atoms with van der Waals surface area (Å²) >= 11 is 0. The van der Waals surface area contributed by atoms with E-state index in [9.17, 15) is 0 Å². The molecule has 0 aromatic heterocycles. The summed E-state index contributed by atoms with van der Waals surface area (Å²) in [5.41, 5.74) is 0. The molecule has 4 nitrogen and oxygen atoms in total. The summed E-state index contributed by atoms with van der Waals surface area (Å²) in [7, 11) is 0. The van der Waals surface area contributed by atoms with E-state index in [-0.39, 0.29) is 0 Å². The predicted octanol–water partition coefficient (Wildman–Crippen LogP) is -0.489. The molecule has 4 aliphatic heterocycles. The number of fused-ring (bicyclic) bond motifs is 2. The SMILES string of the molecule is C1CN2C(C3N4CCCN34)N2C1. The fourth-order valence-electron chi connectivity index (χ4n) is 2.97. The molecule has 4 heteroatoms. The van der Waals surface area contributed by atoms with E-state index >= 15 is 0 Å². The van der Waals surface area contributed by atoms with Crippen molar-refractivity contribution in [3.8, 4) is 0 Å². The molecule has 4 atom stereocenters. The Bertz CT molecular complexity index is 187. The van der Waals surface area contributed by atoms with Crippen molar-refractivity contribution < 1.29 is 0 Å². The standard InChI is InChI=1S/C8H14N4/c1-3-9-7(10(9)4-1)8-11-5-2-6-12(8)11/h7-8H,1-6H2. The fraction of sp³-hybridized carbons (Fsp3) is 1.00. The highest BCUT2D eigenvalue weighted by molar-refractivity contribution is 5.04. The van der Waals surface area contributed by atoms with E-state index < -0.39 is 0 Å². The van der Waals surface area contributed by atoms with Gasteiger partial charge in [-0.15, -0.1) is 0 Å². The maximum absolute atomic E-state index is 2.53. The van der Waals surface area contributed by atoms with Crippen molar-refractivity contribution in [2.24, 2.45) is 0 Å². The van der Waals surface area contributed by atoms with Crippen LogP contribution in [0.25, 0.3) is 0 Å². The summed E-state index contributed by atoms with van der Waals surface area (Å²) in [6, 6.07) is 0. The van der Waals surface area contributed by atoms with Crippen molar-refractivity contribution >= 4 is 0 Å². The molecular formula is C8H14N4. The molecule has 0 bridgehead atoms. The first-order valence-electron chi connectivity index (χ1n) is 5.03. The Hall–Kier alpha value is -0.160. The Morgan fingerprint density at radius 1 is 0.583 bits per heavy atom. The van der Waals surface area contributed by atoms with Crippen LogP contribution in [0.5, 0.6) is 0 Å². The molecule has 0 aromatic carbocycles. The second-order valence-corrected chi connectivity index (χ2v) is 4.19. The lowest BCUT2D eigenvalue weighted by molar-refractivity contribution is 0.412. The van der Waals surface area contributed by atoms with Crippen LogP contribution in [0.15, 0.2) is 0 Å². The first kappa shape index (κ1) is 6.32. The highest BCUT2D eigenvalue weighted by Gasteiger charge is 2.64. The zero-order valence-corrected chi connectivity index (χ0v) is 7.19. The highest BCUT2D eigenvalue weighted by Crippen LogP contribution is 2.46. The zero-order valence-electron chi connectivity index (χ0n) is 7.19. The molecule has 0 N–H and O–H groups in total. The van der Waals surface area contributed by atoms with Gasteiger partial charge in [0.05, 0.1) is 0 Å². The van der Waals surface area contributed by atoms with Gasteiger partial charge in [0.15, 0.2) is 0 Å². The molecule has 0 aromatic rings. The molecule has 4 rings (SSSR count). The van der Waals surface area contributed by atoms with Gasteiger partial charge in [0.2, 0.25) is 0 Å². The zero-order chi connectivity index (χ0) is 7.71. The Morgan fingerprint density at radius 2 is 0.917 bits per heavy atom. The van der Waals surface area contributed by atoms with Crippen LogP contribution in [0, 0.1) is 0 Å². The monoisotopic (exact) mass is 166 g/mol. The number of hydrogen-bond acceptors (Lipinski definition) is 4. The first-order chi connectivity index (χ1) is 5.97. The van der Waals surface area contributed by atoms with Crippen LogP contribution in [0.3, 0.4) is 0 Å². The van der Waals surface area contributed by atoms with Crippen LogP contribution in [0.4, 0.5) is 0 Å². The third-order valence-corrected chi connectivity index (χ3v) is 3.59. The molecule has 0 saturated carbocycles. The number of hydrazine groups is 2. The smallest absolute Gasteiger partial charge is 0.121 e. The van der Waals surface area contributed by atoms with Crippen molar-refractivity contribution in [2.75, 3.05) is 26.2 Å². The van der Waals surface area contributed by atoms with Gasteiger partial charge in [0, 0.05) is 26.2 Å². The van der Waals surface area contributed by atoms with Crippen molar-refractivity contribution in [3.05, 3.63) is 0 Å². The van der Waals surface area contributed by atoms with E-state index in [0.717, 1.165) is 12.3 Å². The summed E-state index contributed by atoms with van der Waals surface area (Å²) in [6.07, 6.45) is 4.31. The van der Waals surface area contributed by atoms with Gasteiger partial charge in [0.1, 0.15) is 12.3 Å². The lowest BCUT2D eigenvalue weighted by Crippen LogP contribution is -2.20. The molecule has 0 radical (unpaired) electrons. The van der Waals surface area contributed by atoms with Crippen LogP contribution >= 0.6 is 0 Å². The van der Waals surface area contributed by atoms with E-state index in [1.54, 1.807) is 0 Å². The minimum atomic E-state index is 0.777. The predicted molar refractivity (Wildman–Crippen MR) is 43.6 cm³/mol. The van der Waals surface area contributed by atoms with E-state index in [1.165, 1.54) is 39.0 Å². The third-order valence-electron chi connectivity index (χ3n) is 3.59. The first-order valence-corrected chi connectivity index (χ1v) is 5.03. The molecule has 4 aliphatic rings. The molecule has 4 saturated heterocycles. The Balaban J connectivity index is 1.50. The molecule has 4 fully saturated rings. The number of nitrogens with zero attached hydrogens (tertiary/aromatic N) is 4. The Kier molecular flexibility index (Phi) is 0.972. The second kappa shape index (κ2) is 1.85. The number of hydrogen-bond donors (Lipinski definition) is 0. The molecule has 66 valence electrons. The van der Waals surface area contributed by atoms with Gasteiger partial charge in [0.25, 0.3) is 0 Å². The largest absolute Gasteiger partial charge is 0.218 e. The van der Waals surface area contributed by atoms with E-state index in [0.29, 0.717) is 0 Å². The Labute approximate surface area is 72.3 Å². The topological polar surface area (TPSA) is 12.0 Å². The molecule has 0 amide bonds. The van der Waals surface area contributed by atoms with Gasteiger partial charge in [-0.25, -0.2) is 20.0 Å².